The predicted octanol–water partition coefficient (Wildman–Crippen LogP) is 0.873. The van der Waals surface area contributed by atoms with Crippen LogP contribution < -0.4 is 0 Å². The SMILES string of the molecule is CCCOC(C)C(=O)N(C)C.CN1CCC(N=O)C1=O. The van der Waals surface area contributed by atoms with E-state index in [4.69, 9.17) is 4.74 Å². The second-order valence-corrected chi connectivity index (χ2v) is 4.92. The van der Waals surface area contributed by atoms with E-state index in [1.165, 1.54) is 4.90 Å². The summed E-state index contributed by atoms with van der Waals surface area (Å²) in [5.74, 6) is -0.122. The van der Waals surface area contributed by atoms with Crippen molar-refractivity contribution in [2.24, 2.45) is 5.18 Å². The number of rotatable bonds is 5. The molecule has 2 atom stereocenters. The number of hydrogen-bond acceptors (Lipinski definition) is 5. The zero-order chi connectivity index (χ0) is 15.7. The molecule has 0 N–H and O–H groups in total. The maximum Gasteiger partial charge on any atom is 0.250 e. The van der Waals surface area contributed by atoms with Gasteiger partial charge in [-0.25, -0.2) is 0 Å². The van der Waals surface area contributed by atoms with Gasteiger partial charge in [-0.1, -0.05) is 12.1 Å². The summed E-state index contributed by atoms with van der Waals surface area (Å²) in [7, 11) is 5.13. The number of hydrogen-bond donors (Lipinski definition) is 0. The lowest BCUT2D eigenvalue weighted by atomic mass is 10.3. The molecule has 2 unspecified atom stereocenters. The summed E-state index contributed by atoms with van der Waals surface area (Å²) in [6, 6.07) is -0.602. The number of amides is 2. The second-order valence-electron chi connectivity index (χ2n) is 4.92. The molecular weight excluding hydrogens is 262 g/mol. The molecule has 0 aliphatic carbocycles. The molecule has 116 valence electrons. The first-order chi connectivity index (χ1) is 9.34. The number of likely N-dealkylation sites (tertiary alicyclic amines) is 1. The zero-order valence-corrected chi connectivity index (χ0v) is 13.0. The van der Waals surface area contributed by atoms with Gasteiger partial charge < -0.3 is 14.5 Å². The molecule has 2 amide bonds. The molecule has 0 aromatic rings. The van der Waals surface area contributed by atoms with E-state index in [-0.39, 0.29) is 17.9 Å². The van der Waals surface area contributed by atoms with Gasteiger partial charge in [0, 0.05) is 34.3 Å². The van der Waals surface area contributed by atoms with Crippen LogP contribution in [0.5, 0.6) is 0 Å². The third-order valence-corrected chi connectivity index (χ3v) is 2.89. The highest BCUT2D eigenvalue weighted by Gasteiger charge is 2.29. The molecule has 7 heteroatoms. The van der Waals surface area contributed by atoms with Gasteiger partial charge in [0.2, 0.25) is 0 Å². The van der Waals surface area contributed by atoms with Gasteiger partial charge in [-0.3, -0.25) is 9.59 Å². The standard InChI is InChI=1S/C8H17NO2.C5H8N2O2/c1-5-6-11-7(2)8(10)9(3)4;1-7-3-2-4(6-9)5(7)8/h7H,5-6H2,1-4H3;4H,2-3H2,1H3. The molecule has 0 spiro atoms. The Morgan fingerprint density at radius 2 is 2.15 bits per heavy atom. The Balaban J connectivity index is 0.000000367. The van der Waals surface area contributed by atoms with Gasteiger partial charge in [0.25, 0.3) is 11.8 Å². The molecule has 1 fully saturated rings. The molecule has 7 nitrogen and oxygen atoms in total. The molecule has 1 aliphatic heterocycles. The minimum atomic E-state index is -0.602. The topological polar surface area (TPSA) is 79.3 Å². The van der Waals surface area contributed by atoms with Crippen LogP contribution in [-0.4, -0.2) is 68.1 Å². The third-order valence-electron chi connectivity index (χ3n) is 2.89. The van der Waals surface area contributed by atoms with Crippen molar-refractivity contribution in [3.8, 4) is 0 Å². The van der Waals surface area contributed by atoms with Gasteiger partial charge >= 0.3 is 0 Å². The average molecular weight is 287 g/mol. The van der Waals surface area contributed by atoms with E-state index in [2.05, 4.69) is 5.18 Å². The predicted molar refractivity (Wildman–Crippen MR) is 76.2 cm³/mol. The van der Waals surface area contributed by atoms with E-state index in [9.17, 15) is 14.5 Å². The van der Waals surface area contributed by atoms with Gasteiger partial charge in [-0.05, 0) is 19.8 Å². The molecule has 0 saturated carbocycles. The number of nitroso groups, excluding NO2 is 1. The zero-order valence-electron chi connectivity index (χ0n) is 13.0. The largest absolute Gasteiger partial charge is 0.369 e. The molecule has 20 heavy (non-hydrogen) atoms. The van der Waals surface area contributed by atoms with Crippen LogP contribution in [-0.2, 0) is 14.3 Å². The summed E-state index contributed by atoms with van der Waals surface area (Å²) in [4.78, 5) is 34.8. The molecule has 0 radical (unpaired) electrons. The minimum Gasteiger partial charge on any atom is -0.369 e. The Kier molecular flexibility index (Phi) is 8.71. The molecule has 1 rings (SSSR count). The molecule has 1 heterocycles. The molecule has 0 aromatic heterocycles. The van der Waals surface area contributed by atoms with Crippen LogP contribution in [0.3, 0.4) is 0 Å². The van der Waals surface area contributed by atoms with E-state index < -0.39 is 6.04 Å². The Morgan fingerprint density at radius 1 is 1.55 bits per heavy atom. The number of carbonyl (C=O) groups is 2. The van der Waals surface area contributed by atoms with E-state index in [1.807, 2.05) is 6.92 Å². The maximum atomic E-state index is 11.1. The van der Waals surface area contributed by atoms with Crippen molar-refractivity contribution in [1.82, 2.24) is 9.80 Å². The maximum absolute atomic E-state index is 11.1. The molecular formula is C13H25N3O4. The quantitative estimate of drug-likeness (QED) is 0.703. The summed E-state index contributed by atoms with van der Waals surface area (Å²) in [6.45, 7) is 5.11. The fourth-order valence-corrected chi connectivity index (χ4v) is 1.63. The van der Waals surface area contributed by atoms with Crippen molar-refractivity contribution in [2.45, 2.75) is 38.8 Å². The highest BCUT2D eigenvalue weighted by atomic mass is 16.5. The Bertz CT molecular complexity index is 334. The average Bonchev–Trinajstić information content (AvgIpc) is 2.75. The first-order valence-electron chi connectivity index (χ1n) is 6.75. The van der Waals surface area contributed by atoms with Crippen molar-refractivity contribution in [3.05, 3.63) is 4.91 Å². The van der Waals surface area contributed by atoms with Crippen LogP contribution in [0.2, 0.25) is 0 Å². The van der Waals surface area contributed by atoms with Gasteiger partial charge in [0.1, 0.15) is 6.10 Å². The summed E-state index contributed by atoms with van der Waals surface area (Å²) >= 11 is 0. The lowest BCUT2D eigenvalue weighted by Crippen LogP contribution is -2.33. The van der Waals surface area contributed by atoms with Crippen LogP contribution in [0.25, 0.3) is 0 Å². The first-order valence-corrected chi connectivity index (χ1v) is 6.75. The number of nitrogens with zero attached hydrogens (tertiary/aromatic N) is 3. The summed E-state index contributed by atoms with van der Waals surface area (Å²) in [5, 5.41) is 2.68. The van der Waals surface area contributed by atoms with Crippen LogP contribution >= 0.6 is 0 Å². The van der Waals surface area contributed by atoms with Crippen LogP contribution in [0.4, 0.5) is 0 Å². The second kappa shape index (κ2) is 9.41. The summed E-state index contributed by atoms with van der Waals surface area (Å²) in [5.41, 5.74) is 0. The van der Waals surface area contributed by atoms with Gasteiger partial charge in [-0.2, -0.15) is 0 Å². The number of carbonyl (C=O) groups excluding carboxylic acids is 2. The van der Waals surface area contributed by atoms with Crippen molar-refractivity contribution >= 4 is 11.8 Å². The van der Waals surface area contributed by atoms with E-state index in [0.29, 0.717) is 19.6 Å². The van der Waals surface area contributed by atoms with Gasteiger partial charge in [-0.15, -0.1) is 4.91 Å². The fourth-order valence-electron chi connectivity index (χ4n) is 1.63. The Hall–Kier alpha value is -1.50. The first kappa shape index (κ1) is 18.5. The van der Waals surface area contributed by atoms with E-state index >= 15 is 0 Å². The highest BCUT2D eigenvalue weighted by Crippen LogP contribution is 2.10. The minimum absolute atomic E-state index is 0.0263. The van der Waals surface area contributed by atoms with Crippen molar-refractivity contribution in [1.29, 1.82) is 0 Å². The smallest absolute Gasteiger partial charge is 0.250 e. The Morgan fingerprint density at radius 3 is 2.45 bits per heavy atom. The molecule has 1 aliphatic rings. The van der Waals surface area contributed by atoms with Gasteiger partial charge in [0.15, 0.2) is 6.04 Å². The molecule has 0 aromatic carbocycles. The third kappa shape index (κ3) is 6.10. The van der Waals surface area contributed by atoms with Crippen molar-refractivity contribution in [2.75, 3.05) is 34.3 Å². The lowest BCUT2D eigenvalue weighted by Gasteiger charge is -2.16. The van der Waals surface area contributed by atoms with Crippen LogP contribution in [0.1, 0.15) is 26.7 Å². The summed E-state index contributed by atoms with van der Waals surface area (Å²) in [6.07, 6.45) is 1.23. The Labute approximate surface area is 120 Å². The molecule has 0 bridgehead atoms. The monoisotopic (exact) mass is 287 g/mol. The van der Waals surface area contributed by atoms with Crippen LogP contribution in [0, 0.1) is 4.91 Å². The molecule has 1 saturated heterocycles. The number of likely N-dealkylation sites (N-methyl/N-ethyl adjacent to an activating group) is 2. The van der Waals surface area contributed by atoms with Gasteiger partial charge in [0.05, 0.1) is 0 Å². The van der Waals surface area contributed by atoms with Crippen molar-refractivity contribution < 1.29 is 14.3 Å². The highest BCUT2D eigenvalue weighted by molar-refractivity contribution is 5.83. The fraction of sp³-hybridized carbons (Fsp3) is 0.846. The van der Waals surface area contributed by atoms with Crippen LogP contribution in [0.15, 0.2) is 5.18 Å². The summed E-state index contributed by atoms with van der Waals surface area (Å²) < 4.78 is 5.22. The van der Waals surface area contributed by atoms with E-state index in [1.54, 1.807) is 33.0 Å². The van der Waals surface area contributed by atoms with E-state index in [0.717, 1.165) is 6.42 Å². The van der Waals surface area contributed by atoms with Crippen molar-refractivity contribution in [3.63, 3.8) is 0 Å². The lowest BCUT2D eigenvalue weighted by molar-refractivity contribution is -0.140. The number of ether oxygens (including phenoxy) is 1. The normalized spacial score (nSPS) is 19.1.